The van der Waals surface area contributed by atoms with E-state index < -0.39 is 0 Å². The largest absolute Gasteiger partial charge is 0.355 e. The first-order valence-corrected chi connectivity index (χ1v) is 9.72. The van der Waals surface area contributed by atoms with E-state index in [1.165, 1.54) is 25.7 Å². The molecule has 26 heavy (non-hydrogen) atoms. The highest BCUT2D eigenvalue weighted by Crippen LogP contribution is 2.27. The van der Waals surface area contributed by atoms with Gasteiger partial charge >= 0.3 is 0 Å². The van der Waals surface area contributed by atoms with Crippen molar-refractivity contribution in [2.45, 2.75) is 38.5 Å². The topological polar surface area (TPSA) is 49.3 Å². The van der Waals surface area contributed by atoms with Crippen LogP contribution >= 0.6 is 0 Å². The van der Waals surface area contributed by atoms with Crippen LogP contribution in [0.1, 0.15) is 37.8 Å². The van der Waals surface area contributed by atoms with Crippen molar-refractivity contribution in [3.63, 3.8) is 0 Å². The first-order valence-electron chi connectivity index (χ1n) is 9.72. The van der Waals surface area contributed by atoms with E-state index in [-0.39, 0.29) is 5.91 Å². The van der Waals surface area contributed by atoms with Gasteiger partial charge in [-0.25, -0.2) is 0 Å². The minimum absolute atomic E-state index is 0.204. The van der Waals surface area contributed by atoms with Crippen LogP contribution in [0.25, 0.3) is 0 Å². The van der Waals surface area contributed by atoms with Crippen LogP contribution in [-0.4, -0.2) is 35.7 Å². The fourth-order valence-corrected chi connectivity index (χ4v) is 4.00. The second-order valence-corrected chi connectivity index (χ2v) is 7.40. The highest BCUT2D eigenvalue weighted by Gasteiger charge is 2.30. The lowest BCUT2D eigenvalue weighted by atomic mass is 10.0. The number of hydrogen-bond donors (Lipinski definition) is 0. The molecule has 1 aromatic heterocycles. The maximum absolute atomic E-state index is 12.4. The monoisotopic (exact) mass is 350 g/mol. The summed E-state index contributed by atoms with van der Waals surface area (Å²) in [7, 11) is 0. The number of carbonyl (C=O) groups is 1. The molecular formula is C21H26N4O. The smallest absolute Gasteiger partial charge is 0.227 e. The summed E-state index contributed by atoms with van der Waals surface area (Å²) in [6.07, 6.45) is 6.50. The number of rotatable bonds is 4. The van der Waals surface area contributed by atoms with Crippen molar-refractivity contribution < 1.29 is 4.79 Å². The molecule has 3 heterocycles. The van der Waals surface area contributed by atoms with Crippen LogP contribution in [0.2, 0.25) is 0 Å². The second kappa shape index (κ2) is 7.85. The maximum Gasteiger partial charge on any atom is 0.227 e. The number of para-hydroxylation sites is 1. The van der Waals surface area contributed by atoms with Gasteiger partial charge in [-0.1, -0.05) is 31.0 Å². The molecule has 2 aliphatic heterocycles. The van der Waals surface area contributed by atoms with Crippen LogP contribution < -0.4 is 9.80 Å². The number of aromatic nitrogens is 2. The Labute approximate surface area is 155 Å². The summed E-state index contributed by atoms with van der Waals surface area (Å²) >= 11 is 0. The Kier molecular flexibility index (Phi) is 5.14. The van der Waals surface area contributed by atoms with Gasteiger partial charge in [0.05, 0.1) is 5.69 Å². The number of anilines is 2. The SMILES string of the molecule is O=C1C[C@@H](Cc2ccc(N3CCCCCC3)nn2)CN1c1ccccc1. The molecule has 0 unspecified atom stereocenters. The lowest BCUT2D eigenvalue weighted by molar-refractivity contribution is -0.117. The molecular weight excluding hydrogens is 324 g/mol. The Hall–Kier alpha value is -2.43. The minimum Gasteiger partial charge on any atom is -0.355 e. The standard InChI is InChI=1S/C21H26N4O/c26-21-15-17(16-25(21)19-8-4-3-5-9-19)14-18-10-11-20(23-22-18)24-12-6-1-2-7-13-24/h3-5,8-11,17H,1-2,6-7,12-16H2/t17-/m1/s1. The van der Waals surface area contributed by atoms with Crippen LogP contribution in [0.3, 0.4) is 0 Å². The summed E-state index contributed by atoms with van der Waals surface area (Å²) in [5, 5.41) is 8.91. The summed E-state index contributed by atoms with van der Waals surface area (Å²) in [4.78, 5) is 16.6. The average Bonchev–Trinajstić information content (AvgIpc) is 2.87. The van der Waals surface area contributed by atoms with Gasteiger partial charge < -0.3 is 9.80 Å². The van der Waals surface area contributed by atoms with Gasteiger partial charge in [0.1, 0.15) is 0 Å². The number of hydrogen-bond acceptors (Lipinski definition) is 4. The molecule has 1 amide bonds. The van der Waals surface area contributed by atoms with Gasteiger partial charge in [-0.15, -0.1) is 5.10 Å². The van der Waals surface area contributed by atoms with Crippen molar-refractivity contribution in [3.05, 3.63) is 48.2 Å². The predicted molar refractivity (Wildman–Crippen MR) is 103 cm³/mol. The van der Waals surface area contributed by atoms with Crippen LogP contribution in [0.4, 0.5) is 11.5 Å². The van der Waals surface area contributed by atoms with E-state index in [1.807, 2.05) is 35.2 Å². The van der Waals surface area contributed by atoms with E-state index >= 15 is 0 Å². The third-order valence-corrected chi connectivity index (χ3v) is 5.41. The lowest BCUT2D eigenvalue weighted by Crippen LogP contribution is -2.25. The number of amides is 1. The Morgan fingerprint density at radius 3 is 2.38 bits per heavy atom. The zero-order chi connectivity index (χ0) is 17.8. The van der Waals surface area contributed by atoms with Crippen LogP contribution in [0, 0.1) is 5.92 Å². The van der Waals surface area contributed by atoms with Gasteiger partial charge in [-0.3, -0.25) is 4.79 Å². The van der Waals surface area contributed by atoms with Crippen molar-refractivity contribution in [1.29, 1.82) is 0 Å². The zero-order valence-corrected chi connectivity index (χ0v) is 15.2. The molecule has 2 fully saturated rings. The molecule has 5 nitrogen and oxygen atoms in total. The Bertz CT molecular complexity index is 723. The molecule has 136 valence electrons. The van der Waals surface area contributed by atoms with Crippen molar-refractivity contribution in [2.24, 2.45) is 5.92 Å². The Morgan fingerprint density at radius 2 is 1.69 bits per heavy atom. The van der Waals surface area contributed by atoms with E-state index in [9.17, 15) is 4.79 Å². The van der Waals surface area contributed by atoms with Gasteiger partial charge in [0.15, 0.2) is 5.82 Å². The Balaban J connectivity index is 1.38. The van der Waals surface area contributed by atoms with E-state index in [2.05, 4.69) is 27.2 Å². The lowest BCUT2D eigenvalue weighted by Gasteiger charge is -2.20. The molecule has 2 aromatic rings. The molecule has 0 N–H and O–H groups in total. The molecule has 2 aliphatic rings. The summed E-state index contributed by atoms with van der Waals surface area (Å²) in [6, 6.07) is 14.1. The fourth-order valence-electron chi connectivity index (χ4n) is 4.00. The van der Waals surface area contributed by atoms with Crippen LogP contribution in [0.5, 0.6) is 0 Å². The number of carbonyl (C=O) groups excluding carboxylic acids is 1. The van der Waals surface area contributed by atoms with E-state index in [0.29, 0.717) is 12.3 Å². The molecule has 5 heteroatoms. The second-order valence-electron chi connectivity index (χ2n) is 7.40. The molecule has 0 spiro atoms. The number of nitrogens with zero attached hydrogens (tertiary/aromatic N) is 4. The van der Waals surface area contributed by atoms with E-state index in [4.69, 9.17) is 0 Å². The van der Waals surface area contributed by atoms with Gasteiger partial charge in [0, 0.05) is 31.7 Å². The van der Waals surface area contributed by atoms with Crippen LogP contribution in [-0.2, 0) is 11.2 Å². The molecule has 0 radical (unpaired) electrons. The number of benzene rings is 1. The Morgan fingerprint density at radius 1 is 0.923 bits per heavy atom. The first-order chi connectivity index (χ1) is 12.8. The van der Waals surface area contributed by atoms with Gasteiger partial charge in [0.2, 0.25) is 5.91 Å². The normalized spacial score (nSPS) is 21.1. The molecule has 4 rings (SSSR count). The highest BCUT2D eigenvalue weighted by atomic mass is 16.2. The molecule has 1 atom stereocenters. The zero-order valence-electron chi connectivity index (χ0n) is 15.2. The van der Waals surface area contributed by atoms with Gasteiger partial charge in [-0.05, 0) is 49.4 Å². The molecule has 2 saturated heterocycles. The summed E-state index contributed by atoms with van der Waals surface area (Å²) in [6.45, 7) is 2.92. The maximum atomic E-state index is 12.4. The molecule has 0 bridgehead atoms. The van der Waals surface area contributed by atoms with Gasteiger partial charge in [0.25, 0.3) is 0 Å². The van der Waals surface area contributed by atoms with E-state index in [1.54, 1.807) is 0 Å². The fraction of sp³-hybridized carbons (Fsp3) is 0.476. The summed E-state index contributed by atoms with van der Waals surface area (Å²) < 4.78 is 0. The predicted octanol–water partition coefficient (Wildman–Crippen LogP) is 3.45. The molecule has 0 saturated carbocycles. The van der Waals surface area contributed by atoms with Crippen LogP contribution in [0.15, 0.2) is 42.5 Å². The minimum atomic E-state index is 0.204. The van der Waals surface area contributed by atoms with E-state index in [0.717, 1.165) is 43.3 Å². The van der Waals surface area contributed by atoms with Crippen molar-refractivity contribution in [1.82, 2.24) is 10.2 Å². The van der Waals surface area contributed by atoms with Crippen molar-refractivity contribution >= 4 is 17.4 Å². The average molecular weight is 350 g/mol. The quantitative estimate of drug-likeness (QED) is 0.847. The van der Waals surface area contributed by atoms with Crippen molar-refractivity contribution in [2.75, 3.05) is 29.4 Å². The van der Waals surface area contributed by atoms with Gasteiger partial charge in [-0.2, -0.15) is 5.10 Å². The summed E-state index contributed by atoms with van der Waals surface area (Å²) in [5.74, 6) is 1.50. The summed E-state index contributed by atoms with van der Waals surface area (Å²) in [5.41, 5.74) is 1.97. The molecule has 1 aromatic carbocycles. The molecule has 0 aliphatic carbocycles. The third-order valence-electron chi connectivity index (χ3n) is 5.41. The highest BCUT2D eigenvalue weighted by molar-refractivity contribution is 5.95. The third kappa shape index (κ3) is 3.87. The first kappa shape index (κ1) is 17.0. The van der Waals surface area contributed by atoms with Crippen molar-refractivity contribution in [3.8, 4) is 0 Å².